The normalized spacial score (nSPS) is 14.8. The molecule has 0 amide bonds. The first-order valence-electron chi connectivity index (χ1n) is 6.60. The summed E-state index contributed by atoms with van der Waals surface area (Å²) in [5.41, 5.74) is 2.15. The number of aromatic nitrogens is 1. The van der Waals surface area contributed by atoms with Gasteiger partial charge in [-0.25, -0.2) is 0 Å². The molecule has 0 radical (unpaired) electrons. The van der Waals surface area contributed by atoms with Gasteiger partial charge in [-0.05, 0) is 24.8 Å². The summed E-state index contributed by atoms with van der Waals surface area (Å²) in [6.07, 6.45) is 7.81. The molecule has 0 bridgehead atoms. The number of ether oxygens (including phenoxy) is 2. The summed E-state index contributed by atoms with van der Waals surface area (Å²) >= 11 is 0. The van der Waals surface area contributed by atoms with E-state index in [4.69, 9.17) is 9.47 Å². The standard InChI is InChI=1S/C14H21NO3/c1-17-8-9-18-7-3-6-15-10-12-4-2-5-14(16)13(12)11-15/h10-11H,2-9H2,1H3. The van der Waals surface area contributed by atoms with Crippen molar-refractivity contribution in [3.8, 4) is 0 Å². The maximum atomic E-state index is 11.7. The van der Waals surface area contributed by atoms with Gasteiger partial charge in [0.15, 0.2) is 5.78 Å². The molecule has 1 heterocycles. The fraction of sp³-hybridized carbons (Fsp3) is 0.643. The highest BCUT2D eigenvalue weighted by atomic mass is 16.5. The first kappa shape index (κ1) is 13.3. The van der Waals surface area contributed by atoms with Crippen LogP contribution in [0.4, 0.5) is 0 Å². The molecule has 18 heavy (non-hydrogen) atoms. The Balaban J connectivity index is 1.75. The van der Waals surface area contributed by atoms with Crippen molar-refractivity contribution in [3.05, 3.63) is 23.5 Å². The third-order valence-electron chi connectivity index (χ3n) is 3.25. The number of rotatable bonds is 7. The highest BCUT2D eigenvalue weighted by Crippen LogP contribution is 2.22. The van der Waals surface area contributed by atoms with Crippen molar-refractivity contribution in [1.29, 1.82) is 0 Å². The van der Waals surface area contributed by atoms with Crippen molar-refractivity contribution < 1.29 is 14.3 Å². The Morgan fingerprint density at radius 1 is 1.22 bits per heavy atom. The molecule has 1 aromatic rings. The zero-order valence-electron chi connectivity index (χ0n) is 11.0. The van der Waals surface area contributed by atoms with Gasteiger partial charge in [-0.2, -0.15) is 0 Å². The number of hydrogen-bond acceptors (Lipinski definition) is 3. The predicted molar refractivity (Wildman–Crippen MR) is 69.0 cm³/mol. The van der Waals surface area contributed by atoms with Gasteiger partial charge in [0.2, 0.25) is 0 Å². The summed E-state index contributed by atoms with van der Waals surface area (Å²) < 4.78 is 12.4. The molecule has 2 rings (SSSR count). The minimum absolute atomic E-state index is 0.298. The van der Waals surface area contributed by atoms with Crippen LogP contribution in [0, 0.1) is 0 Å². The van der Waals surface area contributed by atoms with Crippen LogP contribution in [0.15, 0.2) is 12.4 Å². The number of carbonyl (C=O) groups is 1. The van der Waals surface area contributed by atoms with E-state index in [2.05, 4.69) is 10.8 Å². The van der Waals surface area contributed by atoms with Crippen molar-refractivity contribution in [3.63, 3.8) is 0 Å². The summed E-state index contributed by atoms with van der Waals surface area (Å²) in [6, 6.07) is 0. The molecule has 0 aromatic carbocycles. The average Bonchev–Trinajstić information content (AvgIpc) is 2.78. The SMILES string of the molecule is COCCOCCCn1cc2c(c1)C(=O)CCC2. The zero-order valence-corrected chi connectivity index (χ0v) is 11.0. The van der Waals surface area contributed by atoms with Gasteiger partial charge in [0.25, 0.3) is 0 Å². The molecular formula is C14H21NO3. The second-order valence-electron chi connectivity index (χ2n) is 4.67. The minimum atomic E-state index is 0.298. The lowest BCUT2D eigenvalue weighted by atomic mass is 9.95. The van der Waals surface area contributed by atoms with Gasteiger partial charge in [-0.1, -0.05) is 0 Å². The van der Waals surface area contributed by atoms with Crippen molar-refractivity contribution in [2.75, 3.05) is 26.9 Å². The minimum Gasteiger partial charge on any atom is -0.382 e. The summed E-state index contributed by atoms with van der Waals surface area (Å²) in [7, 11) is 1.67. The van der Waals surface area contributed by atoms with Crippen molar-refractivity contribution >= 4 is 5.78 Å². The fourth-order valence-corrected chi connectivity index (χ4v) is 2.30. The van der Waals surface area contributed by atoms with Gasteiger partial charge in [0, 0.05) is 44.6 Å². The van der Waals surface area contributed by atoms with Crippen LogP contribution in [-0.2, 0) is 22.4 Å². The molecule has 1 aromatic heterocycles. The van der Waals surface area contributed by atoms with Crippen molar-refractivity contribution in [2.45, 2.75) is 32.2 Å². The molecule has 1 aliphatic carbocycles. The van der Waals surface area contributed by atoms with Gasteiger partial charge in [-0.3, -0.25) is 4.79 Å². The van der Waals surface area contributed by atoms with E-state index in [1.807, 2.05) is 6.20 Å². The topological polar surface area (TPSA) is 40.5 Å². The monoisotopic (exact) mass is 251 g/mol. The Hall–Kier alpha value is -1.13. The number of ketones is 1. The van der Waals surface area contributed by atoms with E-state index in [1.165, 1.54) is 5.56 Å². The Morgan fingerprint density at radius 2 is 2.11 bits per heavy atom. The number of nitrogens with zero attached hydrogens (tertiary/aromatic N) is 1. The maximum absolute atomic E-state index is 11.7. The number of carbonyl (C=O) groups excluding carboxylic acids is 1. The molecule has 0 N–H and O–H groups in total. The number of fused-ring (bicyclic) bond motifs is 1. The average molecular weight is 251 g/mol. The maximum Gasteiger partial charge on any atom is 0.164 e. The largest absolute Gasteiger partial charge is 0.382 e. The Bertz CT molecular complexity index is 398. The second kappa shape index (κ2) is 6.71. The van der Waals surface area contributed by atoms with Gasteiger partial charge in [-0.15, -0.1) is 0 Å². The third-order valence-corrected chi connectivity index (χ3v) is 3.25. The molecule has 100 valence electrons. The summed E-state index contributed by atoms with van der Waals surface area (Å²) in [5, 5.41) is 0. The van der Waals surface area contributed by atoms with Gasteiger partial charge in [0.05, 0.1) is 13.2 Å². The smallest absolute Gasteiger partial charge is 0.164 e. The quantitative estimate of drug-likeness (QED) is 0.696. The Labute approximate surface area is 108 Å². The van der Waals surface area contributed by atoms with Crippen LogP contribution in [-0.4, -0.2) is 37.3 Å². The van der Waals surface area contributed by atoms with E-state index in [0.29, 0.717) is 25.4 Å². The van der Waals surface area contributed by atoms with Gasteiger partial charge in [0.1, 0.15) is 0 Å². The molecule has 0 saturated carbocycles. The molecule has 0 spiro atoms. The lowest BCUT2D eigenvalue weighted by Crippen LogP contribution is -2.07. The molecule has 1 aliphatic rings. The van der Waals surface area contributed by atoms with Crippen LogP contribution in [0.3, 0.4) is 0 Å². The highest BCUT2D eigenvalue weighted by molar-refractivity contribution is 5.98. The van der Waals surface area contributed by atoms with Crippen LogP contribution in [0.5, 0.6) is 0 Å². The summed E-state index contributed by atoms with van der Waals surface area (Å²) in [6.45, 7) is 2.94. The number of Topliss-reactive ketones (excluding diaryl/α,β-unsaturated/α-hetero) is 1. The van der Waals surface area contributed by atoms with E-state index < -0.39 is 0 Å². The lowest BCUT2D eigenvalue weighted by Gasteiger charge is -2.07. The van der Waals surface area contributed by atoms with Crippen LogP contribution in [0.2, 0.25) is 0 Å². The van der Waals surface area contributed by atoms with Crippen LogP contribution < -0.4 is 0 Å². The van der Waals surface area contributed by atoms with Crippen LogP contribution in [0.1, 0.15) is 35.2 Å². The number of hydrogen-bond donors (Lipinski definition) is 0. The summed E-state index contributed by atoms with van der Waals surface area (Å²) in [4.78, 5) is 11.7. The number of methoxy groups -OCH3 is 1. The molecule has 4 nitrogen and oxygen atoms in total. The predicted octanol–water partition coefficient (Wildman–Crippen LogP) is 2.06. The fourth-order valence-electron chi connectivity index (χ4n) is 2.30. The van der Waals surface area contributed by atoms with Gasteiger partial charge < -0.3 is 14.0 Å². The van der Waals surface area contributed by atoms with Crippen molar-refractivity contribution in [1.82, 2.24) is 4.57 Å². The van der Waals surface area contributed by atoms with E-state index in [9.17, 15) is 4.79 Å². The molecule has 0 unspecified atom stereocenters. The van der Waals surface area contributed by atoms with Gasteiger partial charge >= 0.3 is 0 Å². The van der Waals surface area contributed by atoms with Crippen LogP contribution in [0.25, 0.3) is 0 Å². The number of aryl methyl sites for hydroxylation is 2. The first-order chi connectivity index (χ1) is 8.81. The first-order valence-corrected chi connectivity index (χ1v) is 6.60. The Kier molecular flexibility index (Phi) is 4.96. The van der Waals surface area contributed by atoms with E-state index in [0.717, 1.165) is 38.0 Å². The summed E-state index contributed by atoms with van der Waals surface area (Å²) in [5.74, 6) is 0.298. The molecule has 0 aliphatic heterocycles. The van der Waals surface area contributed by atoms with E-state index in [1.54, 1.807) is 7.11 Å². The molecule has 0 fully saturated rings. The van der Waals surface area contributed by atoms with Crippen LogP contribution >= 0.6 is 0 Å². The molecular weight excluding hydrogens is 230 g/mol. The Morgan fingerprint density at radius 3 is 2.89 bits per heavy atom. The molecule has 0 saturated heterocycles. The lowest BCUT2D eigenvalue weighted by molar-refractivity contribution is 0.0680. The second-order valence-corrected chi connectivity index (χ2v) is 4.67. The van der Waals surface area contributed by atoms with E-state index in [-0.39, 0.29) is 0 Å². The van der Waals surface area contributed by atoms with Crippen molar-refractivity contribution in [2.24, 2.45) is 0 Å². The molecule has 0 atom stereocenters. The van der Waals surface area contributed by atoms with E-state index >= 15 is 0 Å². The highest BCUT2D eigenvalue weighted by Gasteiger charge is 2.18. The zero-order chi connectivity index (χ0) is 12.8. The third kappa shape index (κ3) is 3.43. The molecule has 4 heteroatoms.